The van der Waals surface area contributed by atoms with Crippen molar-refractivity contribution in [3.63, 3.8) is 0 Å². The second-order valence-corrected chi connectivity index (χ2v) is 9.05. The Kier molecular flexibility index (Phi) is 6.02. The molecule has 1 aromatic carbocycles. The van der Waals surface area contributed by atoms with E-state index in [9.17, 15) is 14.3 Å². The normalized spacial score (nSPS) is 23.7. The number of rotatable bonds is 6. The lowest BCUT2D eigenvalue weighted by atomic mass is 9.71. The molecule has 7 nitrogen and oxygen atoms in total. The SMILES string of the molecule is C#Cc1cnc(NCCC2C(=O)Nc3ccc(F)cc32)nc1N[C@H]1CCC[C@@H](O)C1(C)C. The highest BCUT2D eigenvalue weighted by molar-refractivity contribution is 6.02. The Labute approximate surface area is 187 Å². The number of anilines is 3. The molecule has 0 radical (unpaired) electrons. The molecule has 2 aliphatic rings. The highest BCUT2D eigenvalue weighted by atomic mass is 19.1. The first-order valence-corrected chi connectivity index (χ1v) is 10.9. The van der Waals surface area contributed by atoms with E-state index in [2.05, 4.69) is 31.8 Å². The number of carbonyl (C=O) groups excluding carboxylic acids is 1. The number of nitrogens with one attached hydrogen (secondary N) is 3. The zero-order valence-corrected chi connectivity index (χ0v) is 18.3. The minimum Gasteiger partial charge on any atom is -0.392 e. The van der Waals surface area contributed by atoms with Crippen molar-refractivity contribution in [2.24, 2.45) is 5.41 Å². The van der Waals surface area contributed by atoms with Gasteiger partial charge in [0.1, 0.15) is 11.6 Å². The zero-order valence-electron chi connectivity index (χ0n) is 18.3. The van der Waals surface area contributed by atoms with Gasteiger partial charge in [0, 0.05) is 23.7 Å². The first-order chi connectivity index (χ1) is 15.3. The molecule has 1 saturated carbocycles. The van der Waals surface area contributed by atoms with Crippen molar-refractivity contribution >= 4 is 23.4 Å². The molecule has 1 aliphatic carbocycles. The summed E-state index contributed by atoms with van der Waals surface area (Å²) in [6, 6.07) is 4.34. The third-order valence-corrected chi connectivity index (χ3v) is 6.66. The summed E-state index contributed by atoms with van der Waals surface area (Å²) in [4.78, 5) is 21.1. The van der Waals surface area contributed by atoms with Gasteiger partial charge in [0.15, 0.2) is 0 Å². The molecule has 1 aromatic heterocycles. The molecular weight excluding hydrogens is 409 g/mol. The van der Waals surface area contributed by atoms with E-state index in [4.69, 9.17) is 6.42 Å². The molecule has 2 heterocycles. The van der Waals surface area contributed by atoms with Crippen LogP contribution >= 0.6 is 0 Å². The molecule has 1 amide bonds. The number of aromatic nitrogens is 2. The fourth-order valence-corrected chi connectivity index (χ4v) is 4.51. The van der Waals surface area contributed by atoms with Crippen molar-refractivity contribution < 1.29 is 14.3 Å². The lowest BCUT2D eigenvalue weighted by Gasteiger charge is -2.43. The van der Waals surface area contributed by atoms with Crippen LogP contribution < -0.4 is 16.0 Å². The number of halogens is 1. The minimum atomic E-state index is -0.430. The van der Waals surface area contributed by atoms with E-state index >= 15 is 0 Å². The molecule has 32 heavy (non-hydrogen) atoms. The van der Waals surface area contributed by atoms with Crippen molar-refractivity contribution in [1.82, 2.24) is 9.97 Å². The molecular formula is C24H28FN5O2. The maximum absolute atomic E-state index is 13.6. The Bertz CT molecular complexity index is 1060. The zero-order chi connectivity index (χ0) is 22.9. The molecule has 0 bridgehead atoms. The first kappa shape index (κ1) is 22.0. The summed E-state index contributed by atoms with van der Waals surface area (Å²) >= 11 is 0. The van der Waals surface area contributed by atoms with E-state index in [-0.39, 0.29) is 23.2 Å². The lowest BCUT2D eigenvalue weighted by Crippen LogP contribution is -2.48. The number of aliphatic hydroxyl groups excluding tert-OH is 1. The largest absolute Gasteiger partial charge is 0.392 e. The predicted octanol–water partition coefficient (Wildman–Crippen LogP) is 3.49. The Morgan fingerprint density at radius 1 is 1.38 bits per heavy atom. The molecule has 1 unspecified atom stereocenters. The third-order valence-electron chi connectivity index (χ3n) is 6.66. The number of amides is 1. The van der Waals surface area contributed by atoms with Gasteiger partial charge in [0.05, 0.1) is 23.8 Å². The molecule has 4 N–H and O–H groups in total. The molecule has 8 heteroatoms. The second-order valence-electron chi connectivity index (χ2n) is 9.05. The van der Waals surface area contributed by atoms with Crippen LogP contribution in [0.4, 0.5) is 21.8 Å². The number of carbonyl (C=O) groups is 1. The molecule has 2 aromatic rings. The summed E-state index contributed by atoms with van der Waals surface area (Å²) in [6.45, 7) is 4.51. The van der Waals surface area contributed by atoms with E-state index in [0.29, 0.717) is 41.5 Å². The number of fused-ring (bicyclic) bond motifs is 1. The molecule has 1 aliphatic heterocycles. The predicted molar refractivity (Wildman–Crippen MR) is 122 cm³/mol. The van der Waals surface area contributed by atoms with Gasteiger partial charge in [-0.2, -0.15) is 4.98 Å². The Morgan fingerprint density at radius 3 is 2.97 bits per heavy atom. The summed E-state index contributed by atoms with van der Waals surface area (Å²) in [6.07, 6.45) is 9.91. The monoisotopic (exact) mass is 437 g/mol. The maximum atomic E-state index is 13.6. The summed E-state index contributed by atoms with van der Waals surface area (Å²) in [5, 5.41) is 19.8. The fourth-order valence-electron chi connectivity index (χ4n) is 4.51. The number of hydrogen-bond donors (Lipinski definition) is 4. The Morgan fingerprint density at radius 2 is 2.19 bits per heavy atom. The molecule has 1 fully saturated rings. The average molecular weight is 438 g/mol. The van der Waals surface area contributed by atoms with E-state index in [1.807, 2.05) is 13.8 Å². The van der Waals surface area contributed by atoms with Crippen LogP contribution in [-0.4, -0.2) is 39.7 Å². The number of nitrogens with zero attached hydrogens (tertiary/aromatic N) is 2. The number of terminal acetylenes is 1. The average Bonchev–Trinajstić information content (AvgIpc) is 3.06. The number of hydrogen-bond acceptors (Lipinski definition) is 6. The number of benzene rings is 1. The van der Waals surface area contributed by atoms with Crippen LogP contribution in [0.1, 0.15) is 56.6 Å². The van der Waals surface area contributed by atoms with Gasteiger partial charge in [-0.15, -0.1) is 6.42 Å². The summed E-state index contributed by atoms with van der Waals surface area (Å²) in [5.41, 5.74) is 1.55. The third kappa shape index (κ3) is 4.26. The van der Waals surface area contributed by atoms with Gasteiger partial charge in [-0.1, -0.05) is 19.8 Å². The van der Waals surface area contributed by atoms with E-state index in [1.54, 1.807) is 12.3 Å². The van der Waals surface area contributed by atoms with Crippen LogP contribution in [0.25, 0.3) is 0 Å². The molecule has 4 rings (SSSR count). The molecule has 0 saturated heterocycles. The van der Waals surface area contributed by atoms with Gasteiger partial charge in [-0.05, 0) is 49.4 Å². The lowest BCUT2D eigenvalue weighted by molar-refractivity contribution is -0.117. The van der Waals surface area contributed by atoms with Crippen molar-refractivity contribution in [2.75, 3.05) is 22.5 Å². The van der Waals surface area contributed by atoms with E-state index in [0.717, 1.165) is 19.3 Å². The minimum absolute atomic E-state index is 0.0229. The van der Waals surface area contributed by atoms with Crippen LogP contribution in [0, 0.1) is 23.6 Å². The summed E-state index contributed by atoms with van der Waals surface area (Å²) < 4.78 is 13.6. The highest BCUT2D eigenvalue weighted by Gasteiger charge is 2.39. The van der Waals surface area contributed by atoms with Gasteiger partial charge in [0.25, 0.3) is 0 Å². The van der Waals surface area contributed by atoms with Crippen LogP contribution in [0.3, 0.4) is 0 Å². The number of aliphatic hydroxyl groups is 1. The van der Waals surface area contributed by atoms with Crippen LogP contribution in [0.2, 0.25) is 0 Å². The highest BCUT2D eigenvalue weighted by Crippen LogP contribution is 2.38. The van der Waals surface area contributed by atoms with Gasteiger partial charge < -0.3 is 21.1 Å². The summed E-state index contributed by atoms with van der Waals surface area (Å²) in [7, 11) is 0. The van der Waals surface area contributed by atoms with Crippen molar-refractivity contribution in [1.29, 1.82) is 0 Å². The van der Waals surface area contributed by atoms with Crippen LogP contribution in [0.5, 0.6) is 0 Å². The standard InChI is InChI=1S/C24H28FN5O2/c1-4-14-13-27-23(30-21(14)29-19-6-5-7-20(31)24(19,2)3)26-11-10-16-17-12-15(25)8-9-18(17)28-22(16)32/h1,8-9,12-13,16,19-20,31H,5-7,10-11H2,2-3H3,(H,28,32)(H2,26,27,29,30)/t16?,19-,20+/m0/s1. The van der Waals surface area contributed by atoms with Crippen LogP contribution in [0.15, 0.2) is 24.4 Å². The molecule has 3 atom stereocenters. The van der Waals surface area contributed by atoms with Gasteiger partial charge in [-0.3, -0.25) is 4.79 Å². The quantitative estimate of drug-likeness (QED) is 0.517. The van der Waals surface area contributed by atoms with Gasteiger partial charge in [0.2, 0.25) is 11.9 Å². The fraction of sp³-hybridized carbons (Fsp3) is 0.458. The maximum Gasteiger partial charge on any atom is 0.232 e. The Hall–Kier alpha value is -3.18. The van der Waals surface area contributed by atoms with Gasteiger partial charge >= 0.3 is 0 Å². The van der Waals surface area contributed by atoms with E-state index < -0.39 is 12.0 Å². The molecule has 0 spiro atoms. The van der Waals surface area contributed by atoms with Gasteiger partial charge in [-0.25, -0.2) is 9.37 Å². The second kappa shape index (κ2) is 8.75. The first-order valence-electron chi connectivity index (χ1n) is 10.9. The van der Waals surface area contributed by atoms with Crippen molar-refractivity contribution in [3.05, 3.63) is 41.3 Å². The molecule has 168 valence electrons. The Balaban J connectivity index is 1.44. The van der Waals surface area contributed by atoms with Crippen LogP contribution in [-0.2, 0) is 4.79 Å². The summed E-state index contributed by atoms with van der Waals surface area (Å²) in [5.74, 6) is 2.60. The smallest absolute Gasteiger partial charge is 0.232 e. The topological polar surface area (TPSA) is 99.2 Å². The van der Waals surface area contributed by atoms with E-state index in [1.165, 1.54) is 12.1 Å². The van der Waals surface area contributed by atoms with Crippen molar-refractivity contribution in [2.45, 2.75) is 57.6 Å². The van der Waals surface area contributed by atoms with Crippen molar-refractivity contribution in [3.8, 4) is 12.3 Å².